The van der Waals surface area contributed by atoms with Gasteiger partial charge in [0.15, 0.2) is 0 Å². The molecular formula is C9H19ClN2O3S. The Labute approximate surface area is 103 Å². The van der Waals surface area contributed by atoms with Gasteiger partial charge >= 0.3 is 0 Å². The molecule has 96 valence electrons. The van der Waals surface area contributed by atoms with Crippen LogP contribution in [0.3, 0.4) is 0 Å². The number of likely N-dealkylation sites (N-methyl/N-ethyl adjacent to an activating group) is 1. The number of nitrogens with one attached hydrogen (secondary N) is 1. The standard InChI is InChI=1S/C9H18N2O3S.ClH/c1-11(6-7-15(2,13)14)9(12)8-4-3-5-10-8;/h8,10H,3-7H2,1-2H3;1H. The van der Waals surface area contributed by atoms with Crippen LogP contribution >= 0.6 is 12.4 Å². The fourth-order valence-corrected chi connectivity index (χ4v) is 2.18. The van der Waals surface area contributed by atoms with Gasteiger partial charge in [0, 0.05) is 19.8 Å². The lowest BCUT2D eigenvalue weighted by Gasteiger charge is -2.20. The molecule has 0 aromatic rings. The molecule has 1 fully saturated rings. The average molecular weight is 271 g/mol. The Morgan fingerprint density at radius 3 is 2.56 bits per heavy atom. The zero-order valence-corrected chi connectivity index (χ0v) is 11.2. The number of carbonyl (C=O) groups is 1. The van der Waals surface area contributed by atoms with Crippen LogP contribution in [-0.2, 0) is 14.6 Å². The predicted molar refractivity (Wildman–Crippen MR) is 65.6 cm³/mol. The van der Waals surface area contributed by atoms with Crippen molar-refractivity contribution in [3.05, 3.63) is 0 Å². The molecule has 5 nitrogen and oxygen atoms in total. The van der Waals surface area contributed by atoms with Crippen molar-refractivity contribution in [3.8, 4) is 0 Å². The van der Waals surface area contributed by atoms with Crippen LogP contribution in [0.1, 0.15) is 12.8 Å². The lowest BCUT2D eigenvalue weighted by atomic mass is 10.2. The molecule has 1 N–H and O–H groups in total. The second-order valence-corrected chi connectivity index (χ2v) is 6.30. The highest BCUT2D eigenvalue weighted by Gasteiger charge is 2.25. The van der Waals surface area contributed by atoms with Gasteiger partial charge in [-0.05, 0) is 19.4 Å². The maximum Gasteiger partial charge on any atom is 0.239 e. The molecule has 0 bridgehead atoms. The van der Waals surface area contributed by atoms with Crippen LogP contribution in [-0.4, -0.2) is 57.4 Å². The van der Waals surface area contributed by atoms with Crippen LogP contribution in [0.4, 0.5) is 0 Å². The van der Waals surface area contributed by atoms with Crippen molar-refractivity contribution in [3.63, 3.8) is 0 Å². The third-order valence-electron chi connectivity index (χ3n) is 2.53. The van der Waals surface area contributed by atoms with Crippen molar-refractivity contribution >= 4 is 28.2 Å². The molecule has 0 saturated carbocycles. The highest BCUT2D eigenvalue weighted by atomic mass is 35.5. The summed E-state index contributed by atoms with van der Waals surface area (Å²) in [6.07, 6.45) is 3.04. The number of rotatable bonds is 4. The largest absolute Gasteiger partial charge is 0.343 e. The number of hydrogen-bond acceptors (Lipinski definition) is 4. The first-order valence-corrected chi connectivity index (χ1v) is 7.12. The molecule has 0 spiro atoms. The van der Waals surface area contributed by atoms with E-state index in [1.165, 1.54) is 11.2 Å². The van der Waals surface area contributed by atoms with Crippen molar-refractivity contribution in [1.82, 2.24) is 10.2 Å². The fourth-order valence-electron chi connectivity index (χ4n) is 1.57. The lowest BCUT2D eigenvalue weighted by molar-refractivity contribution is -0.131. The monoisotopic (exact) mass is 270 g/mol. The molecule has 7 heteroatoms. The Morgan fingerprint density at radius 2 is 2.12 bits per heavy atom. The van der Waals surface area contributed by atoms with Crippen LogP contribution < -0.4 is 5.32 Å². The Hall–Kier alpha value is -0.330. The molecule has 0 aromatic heterocycles. The second kappa shape index (κ2) is 6.42. The number of halogens is 1. The first-order chi connectivity index (χ1) is 6.90. The molecule has 1 saturated heterocycles. The van der Waals surface area contributed by atoms with Gasteiger partial charge in [-0.15, -0.1) is 12.4 Å². The van der Waals surface area contributed by atoms with Crippen LogP contribution in [0.2, 0.25) is 0 Å². The SMILES string of the molecule is CN(CCS(C)(=O)=O)C(=O)C1CCCN1.Cl. The van der Waals surface area contributed by atoms with E-state index in [0.717, 1.165) is 19.4 Å². The molecule has 1 aliphatic rings. The first-order valence-electron chi connectivity index (χ1n) is 5.06. The van der Waals surface area contributed by atoms with Gasteiger partial charge in [-0.1, -0.05) is 0 Å². The van der Waals surface area contributed by atoms with E-state index in [9.17, 15) is 13.2 Å². The summed E-state index contributed by atoms with van der Waals surface area (Å²) < 4.78 is 21.9. The molecule has 0 radical (unpaired) electrons. The molecule has 16 heavy (non-hydrogen) atoms. The van der Waals surface area contributed by atoms with Gasteiger partial charge in [-0.2, -0.15) is 0 Å². The molecule has 1 unspecified atom stereocenters. The third-order valence-corrected chi connectivity index (χ3v) is 3.46. The van der Waals surface area contributed by atoms with Crippen LogP contribution in [0.15, 0.2) is 0 Å². The molecule has 0 aliphatic carbocycles. The predicted octanol–water partition coefficient (Wildman–Crippen LogP) is -0.337. The molecule has 1 aliphatic heterocycles. The summed E-state index contributed by atoms with van der Waals surface area (Å²) in [5.41, 5.74) is 0. The van der Waals surface area contributed by atoms with Crippen molar-refractivity contribution in [2.75, 3.05) is 32.1 Å². The molecule has 1 amide bonds. The van der Waals surface area contributed by atoms with E-state index in [-0.39, 0.29) is 36.7 Å². The van der Waals surface area contributed by atoms with Crippen LogP contribution in [0, 0.1) is 0 Å². The Bertz CT molecular complexity index is 326. The van der Waals surface area contributed by atoms with Crippen molar-refractivity contribution < 1.29 is 13.2 Å². The smallest absolute Gasteiger partial charge is 0.239 e. The highest BCUT2D eigenvalue weighted by Crippen LogP contribution is 2.07. The van der Waals surface area contributed by atoms with E-state index in [4.69, 9.17) is 0 Å². The summed E-state index contributed by atoms with van der Waals surface area (Å²) in [6, 6.07) is -0.116. The Morgan fingerprint density at radius 1 is 1.50 bits per heavy atom. The maximum absolute atomic E-state index is 11.7. The van der Waals surface area contributed by atoms with E-state index in [2.05, 4.69) is 5.32 Å². The lowest BCUT2D eigenvalue weighted by Crippen LogP contribution is -2.43. The van der Waals surface area contributed by atoms with E-state index >= 15 is 0 Å². The summed E-state index contributed by atoms with van der Waals surface area (Å²) in [5, 5.41) is 3.09. The molecule has 0 aromatic carbocycles. The molecule has 1 heterocycles. The zero-order valence-electron chi connectivity index (χ0n) is 9.60. The summed E-state index contributed by atoms with van der Waals surface area (Å²) in [6.45, 7) is 1.15. The second-order valence-electron chi connectivity index (χ2n) is 4.04. The van der Waals surface area contributed by atoms with E-state index in [0.29, 0.717) is 0 Å². The minimum Gasteiger partial charge on any atom is -0.343 e. The Balaban J connectivity index is 0.00000225. The third kappa shape index (κ3) is 5.14. The van der Waals surface area contributed by atoms with Gasteiger partial charge in [0.2, 0.25) is 5.91 Å². The van der Waals surface area contributed by atoms with Gasteiger partial charge in [0.1, 0.15) is 9.84 Å². The number of sulfone groups is 1. The van der Waals surface area contributed by atoms with Crippen molar-refractivity contribution in [1.29, 1.82) is 0 Å². The van der Waals surface area contributed by atoms with E-state index in [1.54, 1.807) is 7.05 Å². The zero-order chi connectivity index (χ0) is 11.5. The maximum atomic E-state index is 11.7. The van der Waals surface area contributed by atoms with Gasteiger partial charge in [-0.3, -0.25) is 4.79 Å². The molecular weight excluding hydrogens is 252 g/mol. The summed E-state index contributed by atoms with van der Waals surface area (Å²) in [7, 11) is -1.34. The van der Waals surface area contributed by atoms with Crippen LogP contribution in [0.5, 0.6) is 0 Å². The van der Waals surface area contributed by atoms with Crippen molar-refractivity contribution in [2.45, 2.75) is 18.9 Å². The number of carbonyl (C=O) groups excluding carboxylic acids is 1. The highest BCUT2D eigenvalue weighted by molar-refractivity contribution is 7.90. The quantitative estimate of drug-likeness (QED) is 0.759. The average Bonchev–Trinajstić information content (AvgIpc) is 2.64. The number of nitrogens with zero attached hydrogens (tertiary/aromatic N) is 1. The molecule has 1 atom stereocenters. The van der Waals surface area contributed by atoms with E-state index in [1.807, 2.05) is 0 Å². The van der Waals surface area contributed by atoms with Gasteiger partial charge < -0.3 is 10.2 Å². The number of amides is 1. The summed E-state index contributed by atoms with van der Waals surface area (Å²) in [5.74, 6) is 0.0262. The Kier molecular flexibility index (Phi) is 6.28. The van der Waals surface area contributed by atoms with Crippen molar-refractivity contribution in [2.24, 2.45) is 0 Å². The fraction of sp³-hybridized carbons (Fsp3) is 0.889. The summed E-state index contributed by atoms with van der Waals surface area (Å²) >= 11 is 0. The topological polar surface area (TPSA) is 66.5 Å². The molecule has 1 rings (SSSR count). The first kappa shape index (κ1) is 15.7. The summed E-state index contributed by atoms with van der Waals surface area (Å²) in [4.78, 5) is 13.2. The minimum absolute atomic E-state index is 0. The van der Waals surface area contributed by atoms with Gasteiger partial charge in [0.05, 0.1) is 11.8 Å². The van der Waals surface area contributed by atoms with E-state index < -0.39 is 9.84 Å². The number of hydrogen-bond donors (Lipinski definition) is 1. The van der Waals surface area contributed by atoms with Crippen LogP contribution in [0.25, 0.3) is 0 Å². The normalized spacial score (nSPS) is 20.2. The minimum atomic E-state index is -2.99. The van der Waals surface area contributed by atoms with Gasteiger partial charge in [-0.25, -0.2) is 8.42 Å². The van der Waals surface area contributed by atoms with Gasteiger partial charge in [0.25, 0.3) is 0 Å².